The highest BCUT2D eigenvalue weighted by Gasteiger charge is 2.12. The van der Waals surface area contributed by atoms with Crippen molar-refractivity contribution in [2.24, 2.45) is 0 Å². The zero-order valence-corrected chi connectivity index (χ0v) is 11.5. The van der Waals surface area contributed by atoms with Crippen LogP contribution >= 0.6 is 15.9 Å². The van der Waals surface area contributed by atoms with Gasteiger partial charge >= 0.3 is 0 Å². The zero-order valence-electron chi connectivity index (χ0n) is 9.88. The number of rotatable bonds is 3. The minimum atomic E-state index is -0.0847. The first-order valence-electron chi connectivity index (χ1n) is 5.42. The van der Waals surface area contributed by atoms with Gasteiger partial charge in [-0.1, -0.05) is 28.1 Å². The molecule has 0 saturated carbocycles. The number of halogens is 1. The van der Waals surface area contributed by atoms with E-state index in [1.165, 1.54) is 18.7 Å². The molecule has 18 heavy (non-hydrogen) atoms. The smallest absolute Gasteiger partial charge is 0.257 e. The summed E-state index contributed by atoms with van der Waals surface area (Å²) in [6, 6.07) is 7.88. The predicted molar refractivity (Wildman–Crippen MR) is 72.0 cm³/mol. The van der Waals surface area contributed by atoms with E-state index in [1.54, 1.807) is 11.9 Å². The summed E-state index contributed by atoms with van der Waals surface area (Å²) in [7, 11) is 1.76. The average molecular weight is 306 g/mol. The van der Waals surface area contributed by atoms with Crippen LogP contribution in [-0.2, 0) is 6.54 Å². The minimum absolute atomic E-state index is 0.0847. The van der Waals surface area contributed by atoms with E-state index in [9.17, 15) is 4.79 Å². The van der Waals surface area contributed by atoms with E-state index in [-0.39, 0.29) is 5.91 Å². The topological polar surface area (TPSA) is 46.1 Å². The van der Waals surface area contributed by atoms with Gasteiger partial charge in [0.1, 0.15) is 6.33 Å². The normalized spacial score (nSPS) is 10.1. The fourth-order valence-corrected chi connectivity index (χ4v) is 1.83. The van der Waals surface area contributed by atoms with Crippen molar-refractivity contribution in [1.29, 1.82) is 0 Å². The van der Waals surface area contributed by atoms with Crippen LogP contribution in [0.15, 0.2) is 47.5 Å². The molecule has 0 spiro atoms. The number of aromatic nitrogens is 2. The Morgan fingerprint density at radius 1 is 1.22 bits per heavy atom. The maximum atomic E-state index is 12.1. The SMILES string of the molecule is CN(Cc1ccc(Br)cc1)C(=O)c1cncnc1. The van der Waals surface area contributed by atoms with Crippen molar-refractivity contribution >= 4 is 21.8 Å². The number of hydrogen-bond donors (Lipinski definition) is 0. The molecule has 0 bridgehead atoms. The molecule has 0 saturated heterocycles. The fraction of sp³-hybridized carbons (Fsp3) is 0.154. The summed E-state index contributed by atoms with van der Waals surface area (Å²) in [6.07, 6.45) is 4.45. The molecular weight excluding hydrogens is 294 g/mol. The number of amides is 1. The fourth-order valence-electron chi connectivity index (χ4n) is 1.57. The summed E-state index contributed by atoms with van der Waals surface area (Å²) < 4.78 is 1.02. The maximum Gasteiger partial charge on any atom is 0.257 e. The van der Waals surface area contributed by atoms with Gasteiger partial charge in [0.2, 0.25) is 0 Å². The van der Waals surface area contributed by atoms with Gasteiger partial charge in [-0.3, -0.25) is 4.79 Å². The monoisotopic (exact) mass is 305 g/mol. The van der Waals surface area contributed by atoms with Gasteiger partial charge in [0.15, 0.2) is 0 Å². The van der Waals surface area contributed by atoms with Crippen molar-refractivity contribution in [1.82, 2.24) is 14.9 Å². The van der Waals surface area contributed by atoms with Crippen molar-refractivity contribution in [3.63, 3.8) is 0 Å². The van der Waals surface area contributed by atoms with Crippen LogP contribution in [-0.4, -0.2) is 27.8 Å². The van der Waals surface area contributed by atoms with Crippen LogP contribution in [0, 0.1) is 0 Å². The minimum Gasteiger partial charge on any atom is -0.337 e. The van der Waals surface area contributed by atoms with Crippen LogP contribution in [0.3, 0.4) is 0 Å². The Kier molecular flexibility index (Phi) is 4.04. The van der Waals surface area contributed by atoms with E-state index in [0.717, 1.165) is 10.0 Å². The van der Waals surface area contributed by atoms with E-state index < -0.39 is 0 Å². The number of nitrogens with zero attached hydrogens (tertiary/aromatic N) is 3. The highest BCUT2D eigenvalue weighted by molar-refractivity contribution is 9.10. The molecule has 1 aromatic heterocycles. The van der Waals surface area contributed by atoms with Gasteiger partial charge in [0.05, 0.1) is 5.56 Å². The molecule has 0 aliphatic carbocycles. The van der Waals surface area contributed by atoms with Crippen molar-refractivity contribution < 1.29 is 4.79 Å². The average Bonchev–Trinajstić information content (AvgIpc) is 2.41. The van der Waals surface area contributed by atoms with Gasteiger partial charge in [0, 0.05) is 30.5 Å². The first-order chi connectivity index (χ1) is 8.66. The lowest BCUT2D eigenvalue weighted by Gasteiger charge is -2.16. The van der Waals surface area contributed by atoms with Gasteiger partial charge in [-0.2, -0.15) is 0 Å². The molecular formula is C13H12BrN3O. The van der Waals surface area contributed by atoms with Crippen LogP contribution in [0.4, 0.5) is 0 Å². The highest BCUT2D eigenvalue weighted by Crippen LogP contribution is 2.12. The molecule has 0 unspecified atom stereocenters. The Bertz CT molecular complexity index is 528. The summed E-state index contributed by atoms with van der Waals surface area (Å²) in [6.45, 7) is 0.557. The lowest BCUT2D eigenvalue weighted by Crippen LogP contribution is -2.26. The Labute approximate surface area is 114 Å². The molecule has 0 radical (unpaired) electrons. The third-order valence-corrected chi connectivity index (χ3v) is 3.02. The number of benzene rings is 1. The molecule has 1 amide bonds. The summed E-state index contributed by atoms with van der Waals surface area (Å²) in [5.74, 6) is -0.0847. The largest absolute Gasteiger partial charge is 0.337 e. The lowest BCUT2D eigenvalue weighted by atomic mass is 10.2. The molecule has 0 aliphatic rings. The summed E-state index contributed by atoms with van der Waals surface area (Å²) in [5.41, 5.74) is 1.57. The molecule has 4 nitrogen and oxygen atoms in total. The molecule has 5 heteroatoms. The predicted octanol–water partition coefficient (Wildman–Crippen LogP) is 2.51. The second-order valence-corrected chi connectivity index (χ2v) is 4.83. The molecule has 1 aromatic carbocycles. The van der Waals surface area contributed by atoms with Crippen LogP contribution < -0.4 is 0 Å². The van der Waals surface area contributed by atoms with Gasteiger partial charge in [0.25, 0.3) is 5.91 Å². The molecule has 0 aliphatic heterocycles. The van der Waals surface area contributed by atoms with Crippen molar-refractivity contribution in [2.45, 2.75) is 6.54 Å². The van der Waals surface area contributed by atoms with Crippen molar-refractivity contribution in [3.05, 3.63) is 58.6 Å². The van der Waals surface area contributed by atoms with Gasteiger partial charge < -0.3 is 4.90 Å². The Hall–Kier alpha value is -1.75. The standard InChI is InChI=1S/C13H12BrN3O/c1-17(8-10-2-4-12(14)5-3-10)13(18)11-6-15-9-16-7-11/h2-7,9H,8H2,1H3. The van der Waals surface area contributed by atoms with Gasteiger partial charge in [-0.15, -0.1) is 0 Å². The molecule has 0 fully saturated rings. The Balaban J connectivity index is 2.06. The van der Waals surface area contributed by atoms with Crippen molar-refractivity contribution in [3.8, 4) is 0 Å². The third kappa shape index (κ3) is 3.13. The third-order valence-electron chi connectivity index (χ3n) is 2.49. The summed E-state index contributed by atoms with van der Waals surface area (Å²) in [4.78, 5) is 21.4. The van der Waals surface area contributed by atoms with Crippen LogP contribution in [0.25, 0.3) is 0 Å². The van der Waals surface area contributed by atoms with Gasteiger partial charge in [-0.05, 0) is 17.7 Å². The van der Waals surface area contributed by atoms with Crippen LogP contribution in [0.1, 0.15) is 15.9 Å². The van der Waals surface area contributed by atoms with E-state index in [1.807, 2.05) is 24.3 Å². The molecule has 1 heterocycles. The van der Waals surface area contributed by atoms with E-state index in [2.05, 4.69) is 25.9 Å². The summed E-state index contributed by atoms with van der Waals surface area (Å²) in [5, 5.41) is 0. The van der Waals surface area contributed by atoms with E-state index >= 15 is 0 Å². The number of carbonyl (C=O) groups is 1. The molecule has 2 aromatic rings. The summed E-state index contributed by atoms with van der Waals surface area (Å²) >= 11 is 3.38. The first-order valence-corrected chi connectivity index (χ1v) is 6.21. The molecule has 0 N–H and O–H groups in total. The molecule has 0 atom stereocenters. The Morgan fingerprint density at radius 2 is 1.83 bits per heavy atom. The molecule has 2 rings (SSSR count). The second kappa shape index (κ2) is 5.73. The number of carbonyl (C=O) groups excluding carboxylic acids is 1. The maximum absolute atomic E-state index is 12.1. The zero-order chi connectivity index (χ0) is 13.0. The first kappa shape index (κ1) is 12.7. The lowest BCUT2D eigenvalue weighted by molar-refractivity contribution is 0.0784. The second-order valence-electron chi connectivity index (χ2n) is 3.91. The Morgan fingerprint density at radius 3 is 2.44 bits per heavy atom. The number of hydrogen-bond acceptors (Lipinski definition) is 3. The van der Waals surface area contributed by atoms with Crippen molar-refractivity contribution in [2.75, 3.05) is 7.05 Å². The molecule has 92 valence electrons. The highest BCUT2D eigenvalue weighted by atomic mass is 79.9. The quantitative estimate of drug-likeness (QED) is 0.875. The van der Waals surface area contributed by atoms with E-state index in [0.29, 0.717) is 12.1 Å². The van der Waals surface area contributed by atoms with Gasteiger partial charge in [-0.25, -0.2) is 9.97 Å². The van der Waals surface area contributed by atoms with Crippen LogP contribution in [0.5, 0.6) is 0 Å². The van der Waals surface area contributed by atoms with E-state index in [4.69, 9.17) is 0 Å². The van der Waals surface area contributed by atoms with Crippen LogP contribution in [0.2, 0.25) is 0 Å².